The van der Waals surface area contributed by atoms with Gasteiger partial charge in [0.25, 0.3) is 0 Å². The van der Waals surface area contributed by atoms with Gasteiger partial charge in [-0.25, -0.2) is 9.78 Å². The van der Waals surface area contributed by atoms with Crippen molar-refractivity contribution in [1.82, 2.24) is 25.5 Å². The standard InChI is InChI=1S/C20H29N7O2/c1-20(2,3)29-19(28)22-11-13-7-9-27(12-13)18-21-8-6-16(24-18)23-17-10-15(25-26-17)14-4-5-14/h6,8,10,13-14H,4-5,7,9,11-12H2,1-3H3,(H,22,28)(H2,21,23,24,25,26)/t13-/m1/s1. The molecule has 0 aromatic carbocycles. The van der Waals surface area contributed by atoms with Crippen molar-refractivity contribution < 1.29 is 9.53 Å². The lowest BCUT2D eigenvalue weighted by Crippen LogP contribution is -2.36. The van der Waals surface area contributed by atoms with Crippen molar-refractivity contribution >= 4 is 23.7 Å². The third-order valence-corrected chi connectivity index (χ3v) is 5.02. The number of H-pyrrole nitrogens is 1. The number of ether oxygens (including phenoxy) is 1. The Bertz CT molecular complexity index is 857. The fourth-order valence-electron chi connectivity index (χ4n) is 3.43. The second-order valence-electron chi connectivity index (χ2n) is 8.83. The molecule has 1 amide bonds. The summed E-state index contributed by atoms with van der Waals surface area (Å²) in [6.07, 6.45) is 4.82. The summed E-state index contributed by atoms with van der Waals surface area (Å²) in [5.74, 6) is 3.16. The largest absolute Gasteiger partial charge is 0.444 e. The van der Waals surface area contributed by atoms with Crippen LogP contribution in [0.15, 0.2) is 18.3 Å². The van der Waals surface area contributed by atoms with Crippen LogP contribution in [-0.4, -0.2) is 51.5 Å². The molecule has 1 saturated heterocycles. The van der Waals surface area contributed by atoms with E-state index in [2.05, 4.69) is 35.7 Å². The van der Waals surface area contributed by atoms with Gasteiger partial charge in [0, 0.05) is 43.5 Å². The highest BCUT2D eigenvalue weighted by Crippen LogP contribution is 2.39. The molecule has 2 fully saturated rings. The van der Waals surface area contributed by atoms with Crippen molar-refractivity contribution in [1.29, 1.82) is 0 Å². The minimum Gasteiger partial charge on any atom is -0.444 e. The van der Waals surface area contributed by atoms with Crippen molar-refractivity contribution in [3.8, 4) is 0 Å². The number of nitrogens with zero attached hydrogens (tertiary/aromatic N) is 4. The van der Waals surface area contributed by atoms with Crippen LogP contribution in [0.25, 0.3) is 0 Å². The summed E-state index contributed by atoms with van der Waals surface area (Å²) in [4.78, 5) is 23.0. The monoisotopic (exact) mass is 399 g/mol. The molecular weight excluding hydrogens is 370 g/mol. The molecule has 2 aliphatic rings. The van der Waals surface area contributed by atoms with Gasteiger partial charge in [-0.2, -0.15) is 10.1 Å². The quantitative estimate of drug-likeness (QED) is 0.685. The van der Waals surface area contributed by atoms with E-state index in [9.17, 15) is 4.79 Å². The molecule has 1 aliphatic heterocycles. The van der Waals surface area contributed by atoms with E-state index in [1.54, 1.807) is 6.20 Å². The molecule has 0 bridgehead atoms. The summed E-state index contributed by atoms with van der Waals surface area (Å²) < 4.78 is 5.30. The summed E-state index contributed by atoms with van der Waals surface area (Å²) in [6.45, 7) is 7.82. The molecule has 0 unspecified atom stereocenters. The second kappa shape index (κ2) is 7.88. The number of aromatic nitrogens is 4. The Morgan fingerprint density at radius 1 is 1.31 bits per heavy atom. The number of amides is 1. The van der Waals surface area contributed by atoms with Gasteiger partial charge in [0.2, 0.25) is 5.95 Å². The van der Waals surface area contributed by atoms with Crippen molar-refractivity contribution in [2.75, 3.05) is 29.9 Å². The zero-order valence-electron chi connectivity index (χ0n) is 17.2. The Morgan fingerprint density at radius 2 is 2.14 bits per heavy atom. The molecule has 1 atom stereocenters. The lowest BCUT2D eigenvalue weighted by Gasteiger charge is -2.21. The van der Waals surface area contributed by atoms with E-state index in [1.165, 1.54) is 18.5 Å². The van der Waals surface area contributed by atoms with Gasteiger partial charge in [-0.05, 0) is 52.0 Å². The van der Waals surface area contributed by atoms with E-state index in [4.69, 9.17) is 4.74 Å². The molecule has 2 aromatic rings. The van der Waals surface area contributed by atoms with Crippen LogP contribution in [0.5, 0.6) is 0 Å². The third-order valence-electron chi connectivity index (χ3n) is 5.02. The van der Waals surface area contributed by atoms with Crippen LogP contribution >= 0.6 is 0 Å². The van der Waals surface area contributed by atoms with Gasteiger partial charge in [-0.1, -0.05) is 0 Å². The predicted molar refractivity (Wildman–Crippen MR) is 110 cm³/mol. The molecular formula is C20H29N7O2. The maximum absolute atomic E-state index is 11.8. The number of carbonyl (C=O) groups excluding carboxylic acids is 1. The third kappa shape index (κ3) is 5.36. The predicted octanol–water partition coefficient (Wildman–Crippen LogP) is 3.17. The number of rotatable bonds is 6. The number of anilines is 3. The minimum atomic E-state index is -0.485. The summed E-state index contributed by atoms with van der Waals surface area (Å²) >= 11 is 0. The fraction of sp³-hybridized carbons (Fsp3) is 0.600. The van der Waals surface area contributed by atoms with Gasteiger partial charge in [0.1, 0.15) is 11.4 Å². The van der Waals surface area contributed by atoms with Gasteiger partial charge < -0.3 is 20.3 Å². The Morgan fingerprint density at radius 3 is 2.90 bits per heavy atom. The van der Waals surface area contributed by atoms with E-state index in [-0.39, 0.29) is 6.09 Å². The average Bonchev–Trinajstić information content (AvgIpc) is 3.21. The normalized spacial score (nSPS) is 19.3. The Labute approximate surface area is 170 Å². The molecule has 1 saturated carbocycles. The summed E-state index contributed by atoms with van der Waals surface area (Å²) in [6, 6.07) is 3.89. The Kier molecular flexibility index (Phi) is 5.29. The molecule has 29 heavy (non-hydrogen) atoms. The molecule has 1 aliphatic carbocycles. The van der Waals surface area contributed by atoms with Gasteiger partial charge in [0.15, 0.2) is 5.82 Å². The maximum atomic E-state index is 11.8. The maximum Gasteiger partial charge on any atom is 0.407 e. The molecule has 3 heterocycles. The number of hydrogen-bond donors (Lipinski definition) is 3. The molecule has 0 spiro atoms. The zero-order chi connectivity index (χ0) is 20.4. The van der Waals surface area contributed by atoms with Crippen molar-refractivity contribution in [3.63, 3.8) is 0 Å². The highest BCUT2D eigenvalue weighted by Gasteiger charge is 2.27. The van der Waals surface area contributed by atoms with E-state index in [0.717, 1.165) is 31.1 Å². The Hall–Kier alpha value is -2.84. The van der Waals surface area contributed by atoms with Crippen molar-refractivity contribution in [3.05, 3.63) is 24.0 Å². The van der Waals surface area contributed by atoms with Crippen molar-refractivity contribution in [2.45, 2.75) is 51.6 Å². The van der Waals surface area contributed by atoms with Gasteiger partial charge in [-0.15, -0.1) is 0 Å². The van der Waals surface area contributed by atoms with E-state index >= 15 is 0 Å². The van der Waals surface area contributed by atoms with Gasteiger partial charge in [0.05, 0.1) is 0 Å². The lowest BCUT2D eigenvalue weighted by molar-refractivity contribution is 0.0520. The molecule has 9 heteroatoms. The first-order valence-corrected chi connectivity index (χ1v) is 10.2. The Balaban J connectivity index is 1.30. The highest BCUT2D eigenvalue weighted by molar-refractivity contribution is 5.67. The smallest absolute Gasteiger partial charge is 0.407 e. The number of carbonyl (C=O) groups is 1. The number of aromatic amines is 1. The first-order chi connectivity index (χ1) is 13.9. The van der Waals surface area contributed by atoms with Crippen LogP contribution < -0.4 is 15.5 Å². The van der Waals surface area contributed by atoms with E-state index < -0.39 is 5.60 Å². The number of alkyl carbamates (subject to hydrolysis) is 1. The molecule has 2 aromatic heterocycles. The number of nitrogens with one attached hydrogen (secondary N) is 3. The van der Waals surface area contributed by atoms with E-state index in [0.29, 0.717) is 24.3 Å². The minimum absolute atomic E-state index is 0.343. The molecule has 156 valence electrons. The first kappa shape index (κ1) is 19.5. The van der Waals surface area contributed by atoms with Crippen LogP contribution in [0.2, 0.25) is 0 Å². The molecule has 9 nitrogen and oxygen atoms in total. The molecule has 4 rings (SSSR count). The topological polar surface area (TPSA) is 108 Å². The zero-order valence-corrected chi connectivity index (χ0v) is 17.2. The van der Waals surface area contributed by atoms with Crippen LogP contribution in [0.4, 0.5) is 22.4 Å². The van der Waals surface area contributed by atoms with Crippen LogP contribution in [0.3, 0.4) is 0 Å². The van der Waals surface area contributed by atoms with Crippen LogP contribution in [0.1, 0.15) is 51.6 Å². The first-order valence-electron chi connectivity index (χ1n) is 10.2. The molecule has 0 radical (unpaired) electrons. The van der Waals surface area contributed by atoms with E-state index in [1.807, 2.05) is 32.9 Å². The second-order valence-corrected chi connectivity index (χ2v) is 8.83. The van der Waals surface area contributed by atoms with Crippen molar-refractivity contribution in [2.24, 2.45) is 5.92 Å². The van der Waals surface area contributed by atoms with Crippen LogP contribution in [0, 0.1) is 5.92 Å². The fourth-order valence-corrected chi connectivity index (χ4v) is 3.43. The highest BCUT2D eigenvalue weighted by atomic mass is 16.6. The SMILES string of the molecule is CC(C)(C)OC(=O)NC[C@H]1CCN(c2nccc(Nc3cc(C4CC4)[nH]n3)n2)C1. The summed E-state index contributed by atoms with van der Waals surface area (Å²) in [5, 5.41) is 13.5. The van der Waals surface area contributed by atoms with Gasteiger partial charge in [-0.3, -0.25) is 5.10 Å². The average molecular weight is 399 g/mol. The molecule has 3 N–H and O–H groups in total. The van der Waals surface area contributed by atoms with Crippen LogP contribution in [-0.2, 0) is 4.74 Å². The van der Waals surface area contributed by atoms with Gasteiger partial charge >= 0.3 is 6.09 Å². The number of hydrogen-bond acceptors (Lipinski definition) is 7. The summed E-state index contributed by atoms with van der Waals surface area (Å²) in [7, 11) is 0. The lowest BCUT2D eigenvalue weighted by atomic mass is 10.1. The summed E-state index contributed by atoms with van der Waals surface area (Å²) in [5.41, 5.74) is 0.697.